The van der Waals surface area contributed by atoms with Gasteiger partial charge in [-0.05, 0) is 34.8 Å². The van der Waals surface area contributed by atoms with Crippen molar-refractivity contribution in [3.8, 4) is 0 Å². The number of hydrogen-bond donors (Lipinski definition) is 2. The van der Waals surface area contributed by atoms with Crippen molar-refractivity contribution >= 4 is 27.8 Å². The Labute approximate surface area is 121 Å². The minimum atomic E-state index is -1.00. The van der Waals surface area contributed by atoms with Crippen molar-refractivity contribution in [2.45, 2.75) is 39.8 Å². The first-order chi connectivity index (χ1) is 8.90. The van der Waals surface area contributed by atoms with Crippen molar-refractivity contribution in [1.29, 1.82) is 0 Å². The van der Waals surface area contributed by atoms with Gasteiger partial charge in [-0.3, -0.25) is 4.79 Å². The summed E-state index contributed by atoms with van der Waals surface area (Å²) in [6.45, 7) is 6.29. The van der Waals surface area contributed by atoms with Crippen LogP contribution in [-0.2, 0) is 11.3 Å². The molecule has 1 amide bonds. The minimum Gasteiger partial charge on any atom is -0.480 e. The molecule has 6 heteroatoms. The number of carboxylic acids is 1. The molecule has 1 unspecified atom stereocenters. The third-order valence-corrected chi connectivity index (χ3v) is 3.64. The van der Waals surface area contributed by atoms with Crippen molar-refractivity contribution in [3.63, 3.8) is 0 Å². The van der Waals surface area contributed by atoms with Crippen molar-refractivity contribution in [1.82, 2.24) is 9.88 Å². The van der Waals surface area contributed by atoms with E-state index in [0.29, 0.717) is 18.7 Å². The lowest BCUT2D eigenvalue weighted by Gasteiger charge is -2.20. The van der Waals surface area contributed by atoms with E-state index in [0.717, 1.165) is 4.47 Å². The molecule has 0 aliphatic carbocycles. The smallest absolute Gasteiger partial charge is 0.326 e. The molecule has 0 fully saturated rings. The lowest BCUT2D eigenvalue weighted by atomic mass is 9.99. The Morgan fingerprint density at radius 3 is 2.58 bits per heavy atom. The number of carbonyl (C=O) groups excluding carboxylic acids is 1. The summed E-state index contributed by atoms with van der Waals surface area (Å²) in [5.74, 6) is -1.48. The van der Waals surface area contributed by atoms with Gasteiger partial charge in [-0.15, -0.1) is 0 Å². The second-order valence-electron chi connectivity index (χ2n) is 4.50. The van der Waals surface area contributed by atoms with Crippen LogP contribution < -0.4 is 5.32 Å². The van der Waals surface area contributed by atoms with Crippen LogP contribution in [0.5, 0.6) is 0 Å². The van der Waals surface area contributed by atoms with Crippen LogP contribution in [0.25, 0.3) is 0 Å². The summed E-state index contributed by atoms with van der Waals surface area (Å²) < 4.78 is 2.57. The second kappa shape index (κ2) is 6.75. The lowest BCUT2D eigenvalue weighted by molar-refractivity contribution is -0.140. The zero-order chi connectivity index (χ0) is 14.6. The molecule has 1 aromatic heterocycles. The Hall–Kier alpha value is -1.30. The zero-order valence-corrected chi connectivity index (χ0v) is 12.9. The average Bonchev–Trinajstić information content (AvgIpc) is 2.75. The van der Waals surface area contributed by atoms with Gasteiger partial charge in [0.15, 0.2) is 0 Å². The van der Waals surface area contributed by atoms with Gasteiger partial charge >= 0.3 is 5.97 Å². The molecule has 0 saturated heterocycles. The highest BCUT2D eigenvalue weighted by atomic mass is 79.9. The van der Waals surface area contributed by atoms with Crippen LogP contribution in [0.1, 0.15) is 37.7 Å². The molecule has 1 heterocycles. The van der Waals surface area contributed by atoms with E-state index in [1.165, 1.54) is 0 Å². The third kappa shape index (κ3) is 3.83. The fourth-order valence-corrected chi connectivity index (χ4v) is 2.29. The number of rotatable bonds is 6. The Bertz CT molecular complexity index is 470. The first-order valence-corrected chi connectivity index (χ1v) is 7.09. The summed E-state index contributed by atoms with van der Waals surface area (Å²) in [4.78, 5) is 23.4. The molecule has 106 valence electrons. The van der Waals surface area contributed by atoms with Crippen molar-refractivity contribution in [2.75, 3.05) is 0 Å². The maximum absolute atomic E-state index is 12.2. The molecule has 2 N–H and O–H groups in total. The molecule has 0 saturated carbocycles. The van der Waals surface area contributed by atoms with Crippen LogP contribution in [0.2, 0.25) is 0 Å². The molecule has 0 spiro atoms. The maximum atomic E-state index is 12.2. The molecule has 0 aliphatic rings. The summed E-state index contributed by atoms with van der Waals surface area (Å²) in [5.41, 5.74) is 0.462. The molecule has 1 aromatic rings. The van der Waals surface area contributed by atoms with Crippen LogP contribution in [0.3, 0.4) is 0 Å². The highest BCUT2D eigenvalue weighted by Gasteiger charge is 2.26. The van der Waals surface area contributed by atoms with E-state index < -0.39 is 12.0 Å². The largest absolute Gasteiger partial charge is 0.480 e. The van der Waals surface area contributed by atoms with E-state index in [-0.39, 0.29) is 11.8 Å². The number of aromatic nitrogens is 1. The Morgan fingerprint density at radius 2 is 2.11 bits per heavy atom. The minimum absolute atomic E-state index is 0.116. The molecule has 0 bridgehead atoms. The summed E-state index contributed by atoms with van der Waals surface area (Å²) in [5, 5.41) is 11.8. The maximum Gasteiger partial charge on any atom is 0.326 e. The number of hydrogen-bond acceptors (Lipinski definition) is 2. The van der Waals surface area contributed by atoms with E-state index in [9.17, 15) is 14.7 Å². The number of amides is 1. The number of aryl methyl sites for hydroxylation is 1. The Balaban J connectivity index is 2.90. The molecule has 1 rings (SSSR count). The van der Waals surface area contributed by atoms with Crippen LogP contribution in [0.4, 0.5) is 0 Å². The predicted octanol–water partition coefficient (Wildman–Crippen LogP) is 2.50. The van der Waals surface area contributed by atoms with Crippen LogP contribution in [-0.4, -0.2) is 27.6 Å². The third-order valence-electron chi connectivity index (χ3n) is 3.20. The average molecular weight is 331 g/mol. The molecular formula is C13H19BrN2O3. The first kappa shape index (κ1) is 15.8. The monoisotopic (exact) mass is 330 g/mol. The fraction of sp³-hybridized carbons (Fsp3) is 0.538. The molecule has 0 radical (unpaired) electrons. The van der Waals surface area contributed by atoms with Gasteiger partial charge in [0, 0.05) is 17.2 Å². The molecular weight excluding hydrogens is 312 g/mol. The SMILES string of the molecule is CCC(C)[C@H](NC(=O)c1cc(Br)cn1CC)C(=O)O. The van der Waals surface area contributed by atoms with Crippen molar-refractivity contribution in [2.24, 2.45) is 5.92 Å². The summed E-state index contributed by atoms with van der Waals surface area (Å²) in [6, 6.07) is 0.824. The Kier molecular flexibility index (Phi) is 5.60. The van der Waals surface area contributed by atoms with Gasteiger partial charge in [0.25, 0.3) is 5.91 Å². The predicted molar refractivity (Wildman–Crippen MR) is 76.2 cm³/mol. The quantitative estimate of drug-likeness (QED) is 0.841. The first-order valence-electron chi connectivity index (χ1n) is 6.30. The molecule has 5 nitrogen and oxygen atoms in total. The van der Waals surface area contributed by atoms with Crippen LogP contribution >= 0.6 is 15.9 Å². The topological polar surface area (TPSA) is 71.3 Å². The highest BCUT2D eigenvalue weighted by Crippen LogP contribution is 2.16. The highest BCUT2D eigenvalue weighted by molar-refractivity contribution is 9.10. The summed E-state index contributed by atoms with van der Waals surface area (Å²) in [6.07, 6.45) is 2.49. The van der Waals surface area contributed by atoms with Crippen molar-refractivity contribution in [3.05, 3.63) is 22.4 Å². The van der Waals surface area contributed by atoms with E-state index >= 15 is 0 Å². The number of carboxylic acid groups (broad SMARTS) is 1. The van der Waals surface area contributed by atoms with Gasteiger partial charge in [-0.1, -0.05) is 20.3 Å². The zero-order valence-electron chi connectivity index (χ0n) is 11.3. The van der Waals surface area contributed by atoms with E-state index in [4.69, 9.17) is 0 Å². The van der Waals surface area contributed by atoms with E-state index in [1.807, 2.05) is 20.8 Å². The lowest BCUT2D eigenvalue weighted by Crippen LogP contribution is -2.45. The molecule has 2 atom stereocenters. The standard InChI is InChI=1S/C13H19BrN2O3/c1-4-8(3)11(13(18)19)15-12(17)10-6-9(14)7-16(10)5-2/h6-8,11H,4-5H2,1-3H3,(H,15,17)(H,18,19)/t8?,11-/m0/s1. The molecule has 19 heavy (non-hydrogen) atoms. The normalized spacial score (nSPS) is 13.9. The fourth-order valence-electron chi connectivity index (χ4n) is 1.83. The second-order valence-corrected chi connectivity index (χ2v) is 5.42. The van der Waals surface area contributed by atoms with Gasteiger partial charge in [0.1, 0.15) is 11.7 Å². The number of nitrogens with one attached hydrogen (secondary N) is 1. The van der Waals surface area contributed by atoms with Gasteiger partial charge in [0.05, 0.1) is 0 Å². The number of carbonyl (C=O) groups is 2. The van der Waals surface area contributed by atoms with E-state index in [2.05, 4.69) is 21.2 Å². The van der Waals surface area contributed by atoms with Gasteiger partial charge in [-0.2, -0.15) is 0 Å². The van der Waals surface area contributed by atoms with Gasteiger partial charge < -0.3 is 15.0 Å². The Morgan fingerprint density at radius 1 is 1.47 bits per heavy atom. The van der Waals surface area contributed by atoms with Gasteiger partial charge in [-0.25, -0.2) is 4.79 Å². The molecule has 0 aliphatic heterocycles. The summed E-state index contributed by atoms with van der Waals surface area (Å²) in [7, 11) is 0. The van der Waals surface area contributed by atoms with E-state index in [1.54, 1.807) is 16.8 Å². The van der Waals surface area contributed by atoms with Crippen LogP contribution in [0, 0.1) is 5.92 Å². The van der Waals surface area contributed by atoms with Crippen LogP contribution in [0.15, 0.2) is 16.7 Å². The molecule has 0 aromatic carbocycles. The number of nitrogens with zero attached hydrogens (tertiary/aromatic N) is 1. The number of halogens is 1. The number of aliphatic carboxylic acids is 1. The van der Waals surface area contributed by atoms with Gasteiger partial charge in [0.2, 0.25) is 0 Å². The summed E-state index contributed by atoms with van der Waals surface area (Å²) >= 11 is 3.31. The van der Waals surface area contributed by atoms with Crippen molar-refractivity contribution < 1.29 is 14.7 Å².